The number of anilines is 1. The summed E-state index contributed by atoms with van der Waals surface area (Å²) in [5.41, 5.74) is 5.28. The number of halogens is 1. The number of nitrogens with one attached hydrogen (secondary N) is 1. The fraction of sp³-hybridized carbons (Fsp3) is 0.238. The molecule has 3 heterocycles. The van der Waals surface area contributed by atoms with E-state index in [2.05, 4.69) is 20.4 Å². The normalized spacial score (nSPS) is 14.4. The summed E-state index contributed by atoms with van der Waals surface area (Å²) in [6, 6.07) is 8.17. The van der Waals surface area contributed by atoms with E-state index in [1.54, 1.807) is 36.5 Å². The lowest BCUT2D eigenvalue weighted by Crippen LogP contribution is -2.45. The molecule has 4 rings (SSSR count). The Bertz CT molecular complexity index is 1070. The van der Waals surface area contributed by atoms with Gasteiger partial charge in [-0.2, -0.15) is 0 Å². The summed E-state index contributed by atoms with van der Waals surface area (Å²) in [5, 5.41) is 1.66. The average molecular weight is 393 g/mol. The van der Waals surface area contributed by atoms with Crippen LogP contribution in [0.4, 0.5) is 14.9 Å². The van der Waals surface area contributed by atoms with Crippen molar-refractivity contribution in [2.75, 3.05) is 11.6 Å². The van der Waals surface area contributed by atoms with Gasteiger partial charge in [-0.25, -0.2) is 24.6 Å². The van der Waals surface area contributed by atoms with Gasteiger partial charge in [-0.3, -0.25) is 9.99 Å². The van der Waals surface area contributed by atoms with Gasteiger partial charge in [0.25, 0.3) is 0 Å². The quantitative estimate of drug-likeness (QED) is 0.729. The SMILES string of the molecule is Cc1nc(-c2cccnc2)ncc1OC(=O)NN1CC(C)(C)c2cc(F)ccc21. The third-order valence-electron chi connectivity index (χ3n) is 4.81. The number of hydrogen-bond acceptors (Lipinski definition) is 6. The molecule has 0 bridgehead atoms. The Hall–Kier alpha value is -3.55. The zero-order valence-electron chi connectivity index (χ0n) is 16.3. The summed E-state index contributed by atoms with van der Waals surface area (Å²) in [5.74, 6) is 0.455. The van der Waals surface area contributed by atoms with Crippen LogP contribution in [0, 0.1) is 12.7 Å². The number of aryl methyl sites for hydroxylation is 1. The number of aromatic nitrogens is 3. The Labute approximate surface area is 167 Å². The van der Waals surface area contributed by atoms with Crippen LogP contribution in [0.5, 0.6) is 5.75 Å². The van der Waals surface area contributed by atoms with E-state index in [9.17, 15) is 9.18 Å². The van der Waals surface area contributed by atoms with E-state index in [1.807, 2.05) is 19.9 Å². The lowest BCUT2D eigenvalue weighted by Gasteiger charge is -2.22. The molecule has 1 N–H and O–H groups in total. The third-order valence-corrected chi connectivity index (χ3v) is 4.81. The zero-order valence-corrected chi connectivity index (χ0v) is 16.3. The van der Waals surface area contributed by atoms with E-state index in [0.717, 1.165) is 16.8 Å². The molecule has 0 saturated heterocycles. The number of ether oxygens (including phenoxy) is 1. The Morgan fingerprint density at radius 1 is 1.28 bits per heavy atom. The van der Waals surface area contributed by atoms with E-state index in [0.29, 0.717) is 18.1 Å². The standard InChI is InChI=1S/C21H20FN5O2/c1-13-18(11-24-19(25-13)14-5-4-8-23-10-14)29-20(28)26-27-12-21(2,3)16-9-15(22)6-7-17(16)27/h4-11H,12H2,1-3H3,(H,26,28). The van der Waals surface area contributed by atoms with Gasteiger partial charge < -0.3 is 4.74 Å². The van der Waals surface area contributed by atoms with Crippen molar-refractivity contribution in [1.82, 2.24) is 20.4 Å². The summed E-state index contributed by atoms with van der Waals surface area (Å²) in [7, 11) is 0. The molecule has 0 spiro atoms. The minimum atomic E-state index is -0.668. The van der Waals surface area contributed by atoms with Crippen molar-refractivity contribution in [3.8, 4) is 17.1 Å². The van der Waals surface area contributed by atoms with Crippen LogP contribution in [0.2, 0.25) is 0 Å². The molecular weight excluding hydrogens is 373 g/mol. The van der Waals surface area contributed by atoms with Crippen LogP contribution >= 0.6 is 0 Å². The van der Waals surface area contributed by atoms with E-state index in [4.69, 9.17) is 4.74 Å². The number of fused-ring (bicyclic) bond motifs is 1. The van der Waals surface area contributed by atoms with E-state index in [-0.39, 0.29) is 17.0 Å². The highest BCUT2D eigenvalue weighted by molar-refractivity contribution is 5.75. The van der Waals surface area contributed by atoms with Gasteiger partial charge >= 0.3 is 6.09 Å². The number of rotatable bonds is 3. The van der Waals surface area contributed by atoms with Crippen LogP contribution in [0.3, 0.4) is 0 Å². The zero-order chi connectivity index (χ0) is 20.6. The number of amides is 1. The molecule has 7 nitrogen and oxygen atoms in total. The first-order valence-electron chi connectivity index (χ1n) is 9.13. The predicted octanol–water partition coefficient (Wildman–Crippen LogP) is 3.79. The fourth-order valence-corrected chi connectivity index (χ4v) is 3.37. The largest absolute Gasteiger partial charge is 0.431 e. The number of nitrogens with zero attached hydrogens (tertiary/aromatic N) is 4. The highest BCUT2D eigenvalue weighted by Gasteiger charge is 2.36. The van der Waals surface area contributed by atoms with Gasteiger partial charge in [0.2, 0.25) is 0 Å². The number of hydrogen-bond donors (Lipinski definition) is 1. The second-order valence-corrected chi connectivity index (χ2v) is 7.52. The summed E-state index contributed by atoms with van der Waals surface area (Å²) in [6.45, 7) is 6.22. The second-order valence-electron chi connectivity index (χ2n) is 7.52. The Morgan fingerprint density at radius 3 is 2.83 bits per heavy atom. The van der Waals surface area contributed by atoms with Crippen molar-refractivity contribution >= 4 is 11.8 Å². The predicted molar refractivity (Wildman–Crippen MR) is 106 cm³/mol. The molecule has 29 heavy (non-hydrogen) atoms. The third kappa shape index (κ3) is 3.73. The Morgan fingerprint density at radius 2 is 2.10 bits per heavy atom. The van der Waals surface area contributed by atoms with Crippen LogP contribution in [-0.4, -0.2) is 27.6 Å². The van der Waals surface area contributed by atoms with Gasteiger partial charge in [-0.05, 0) is 42.8 Å². The van der Waals surface area contributed by atoms with Gasteiger partial charge in [0.15, 0.2) is 11.6 Å². The highest BCUT2D eigenvalue weighted by atomic mass is 19.1. The maximum absolute atomic E-state index is 13.6. The van der Waals surface area contributed by atoms with Crippen molar-refractivity contribution in [3.63, 3.8) is 0 Å². The molecule has 3 aromatic rings. The van der Waals surface area contributed by atoms with Crippen LogP contribution < -0.4 is 15.2 Å². The molecule has 0 radical (unpaired) electrons. The van der Waals surface area contributed by atoms with E-state index in [1.165, 1.54) is 18.3 Å². The summed E-state index contributed by atoms with van der Waals surface area (Å²) in [6.07, 6.45) is 4.13. The van der Waals surface area contributed by atoms with Gasteiger partial charge in [0, 0.05) is 29.9 Å². The number of pyridine rings is 1. The van der Waals surface area contributed by atoms with E-state index < -0.39 is 6.09 Å². The molecule has 1 aliphatic heterocycles. The van der Waals surface area contributed by atoms with Gasteiger partial charge in [0.1, 0.15) is 5.82 Å². The van der Waals surface area contributed by atoms with Crippen molar-refractivity contribution in [3.05, 3.63) is 66.0 Å². The summed E-state index contributed by atoms with van der Waals surface area (Å²) in [4.78, 5) is 25.1. The molecule has 2 aromatic heterocycles. The molecule has 8 heteroatoms. The minimum Gasteiger partial charge on any atom is -0.406 e. The first-order valence-corrected chi connectivity index (χ1v) is 9.13. The summed E-state index contributed by atoms with van der Waals surface area (Å²) < 4.78 is 19.0. The Kier molecular flexibility index (Phi) is 4.62. The summed E-state index contributed by atoms with van der Waals surface area (Å²) >= 11 is 0. The highest BCUT2D eigenvalue weighted by Crippen LogP contribution is 2.39. The van der Waals surface area contributed by atoms with Crippen molar-refractivity contribution < 1.29 is 13.9 Å². The van der Waals surface area contributed by atoms with Crippen LogP contribution in [0.1, 0.15) is 25.1 Å². The minimum absolute atomic E-state index is 0.257. The second kappa shape index (κ2) is 7.12. The van der Waals surface area contributed by atoms with Gasteiger partial charge in [-0.15, -0.1) is 0 Å². The molecular formula is C21H20FN5O2. The lowest BCUT2D eigenvalue weighted by molar-refractivity contribution is 0.198. The molecule has 0 aliphatic carbocycles. The van der Waals surface area contributed by atoms with E-state index >= 15 is 0 Å². The maximum atomic E-state index is 13.6. The van der Waals surface area contributed by atoms with Gasteiger partial charge in [-0.1, -0.05) is 13.8 Å². The van der Waals surface area contributed by atoms with Crippen molar-refractivity contribution in [2.24, 2.45) is 0 Å². The molecule has 1 aromatic carbocycles. The molecule has 0 saturated carbocycles. The van der Waals surface area contributed by atoms with Crippen LogP contribution in [0.15, 0.2) is 48.9 Å². The molecule has 148 valence electrons. The first kappa shape index (κ1) is 18.8. The monoisotopic (exact) mass is 393 g/mol. The fourth-order valence-electron chi connectivity index (χ4n) is 3.37. The number of carbonyl (C=O) groups excluding carboxylic acids is 1. The number of carbonyl (C=O) groups is 1. The molecule has 0 fully saturated rings. The molecule has 0 unspecified atom stereocenters. The van der Waals surface area contributed by atoms with Crippen molar-refractivity contribution in [2.45, 2.75) is 26.2 Å². The average Bonchev–Trinajstić information content (AvgIpc) is 2.93. The van der Waals surface area contributed by atoms with Crippen LogP contribution in [-0.2, 0) is 5.41 Å². The molecule has 1 amide bonds. The number of hydrazine groups is 1. The first-order chi connectivity index (χ1) is 13.8. The maximum Gasteiger partial charge on any atom is 0.431 e. The van der Waals surface area contributed by atoms with Crippen LogP contribution in [0.25, 0.3) is 11.4 Å². The topological polar surface area (TPSA) is 80.2 Å². The molecule has 0 atom stereocenters. The molecule has 1 aliphatic rings. The Balaban J connectivity index is 1.49. The lowest BCUT2D eigenvalue weighted by atomic mass is 9.87. The van der Waals surface area contributed by atoms with Gasteiger partial charge in [0.05, 0.1) is 17.6 Å². The smallest absolute Gasteiger partial charge is 0.406 e. The van der Waals surface area contributed by atoms with Crippen molar-refractivity contribution in [1.29, 1.82) is 0 Å². The number of benzene rings is 1.